The normalized spacial score (nSPS) is 11.6. The van der Waals surface area contributed by atoms with Gasteiger partial charge in [0, 0.05) is 0 Å². The molecule has 0 N–H and O–H groups in total. The summed E-state index contributed by atoms with van der Waals surface area (Å²) in [5.41, 5.74) is 3.29. The standard InChI is InChI=1S/C17H16N2OS.C8H16O2/c1-12(2)20-17-16(8-7-13-9-10-21-11-13)18-14-5-3-4-6-15(14)19-17;1-6(2)7(9)10-8(3,4)5/h3-12H,1-2H3;6H,1-5H3/b8-7+;. The summed E-state index contributed by atoms with van der Waals surface area (Å²) < 4.78 is 10.9. The molecule has 0 amide bonds. The van der Waals surface area contributed by atoms with Gasteiger partial charge >= 0.3 is 5.97 Å². The molecule has 0 radical (unpaired) electrons. The molecule has 0 spiro atoms. The number of para-hydroxylation sites is 2. The van der Waals surface area contributed by atoms with Crippen LogP contribution >= 0.6 is 11.3 Å². The van der Waals surface area contributed by atoms with Crippen LogP contribution in [0.5, 0.6) is 5.88 Å². The highest BCUT2D eigenvalue weighted by Crippen LogP contribution is 2.22. The van der Waals surface area contributed by atoms with Crippen molar-refractivity contribution in [1.29, 1.82) is 0 Å². The van der Waals surface area contributed by atoms with Crippen molar-refractivity contribution in [3.05, 3.63) is 52.3 Å². The maximum absolute atomic E-state index is 10.9. The van der Waals surface area contributed by atoms with E-state index >= 15 is 0 Å². The van der Waals surface area contributed by atoms with Crippen molar-refractivity contribution in [3.63, 3.8) is 0 Å². The molecule has 0 atom stereocenters. The van der Waals surface area contributed by atoms with Crippen LogP contribution < -0.4 is 4.74 Å². The summed E-state index contributed by atoms with van der Waals surface area (Å²) in [7, 11) is 0. The molecule has 0 aliphatic carbocycles. The number of carbonyl (C=O) groups excluding carboxylic acids is 1. The molecule has 0 fully saturated rings. The van der Waals surface area contributed by atoms with Crippen LogP contribution in [0.2, 0.25) is 0 Å². The van der Waals surface area contributed by atoms with Crippen molar-refractivity contribution in [1.82, 2.24) is 9.97 Å². The van der Waals surface area contributed by atoms with Gasteiger partial charge in [-0.15, -0.1) is 0 Å². The van der Waals surface area contributed by atoms with Gasteiger partial charge in [0.1, 0.15) is 11.3 Å². The van der Waals surface area contributed by atoms with Crippen molar-refractivity contribution in [3.8, 4) is 5.88 Å². The Morgan fingerprint density at radius 3 is 2.13 bits per heavy atom. The minimum Gasteiger partial charge on any atom is -0.473 e. The summed E-state index contributed by atoms with van der Waals surface area (Å²) in [4.78, 5) is 20.2. The van der Waals surface area contributed by atoms with Crippen LogP contribution in [0, 0.1) is 5.92 Å². The van der Waals surface area contributed by atoms with Crippen LogP contribution in [0.4, 0.5) is 0 Å². The first-order valence-electron chi connectivity index (χ1n) is 10.4. The van der Waals surface area contributed by atoms with Crippen LogP contribution in [-0.4, -0.2) is 27.6 Å². The van der Waals surface area contributed by atoms with Gasteiger partial charge in [-0.05, 0) is 75.2 Å². The Morgan fingerprint density at radius 1 is 1.00 bits per heavy atom. The second kappa shape index (κ2) is 11.0. The van der Waals surface area contributed by atoms with Crippen LogP contribution in [0.25, 0.3) is 23.2 Å². The zero-order chi connectivity index (χ0) is 23.0. The molecule has 0 aliphatic heterocycles. The lowest BCUT2D eigenvalue weighted by Gasteiger charge is -2.20. The van der Waals surface area contributed by atoms with Gasteiger partial charge in [0.15, 0.2) is 0 Å². The average molecular weight is 441 g/mol. The van der Waals surface area contributed by atoms with Crippen LogP contribution in [-0.2, 0) is 9.53 Å². The fraction of sp³-hybridized carbons (Fsp3) is 0.400. The largest absolute Gasteiger partial charge is 0.473 e. The third-order valence-electron chi connectivity index (χ3n) is 3.77. The SMILES string of the molecule is CC(C)C(=O)OC(C)(C)C.CC(C)Oc1nc2ccccc2nc1/C=C/c1ccsc1. The minimum absolute atomic E-state index is 0.0285. The molecule has 1 aromatic carbocycles. The maximum Gasteiger partial charge on any atom is 0.308 e. The zero-order valence-electron chi connectivity index (χ0n) is 19.4. The monoisotopic (exact) mass is 440 g/mol. The molecule has 0 saturated carbocycles. The number of esters is 1. The molecular weight excluding hydrogens is 408 g/mol. The van der Waals surface area contributed by atoms with Crippen molar-refractivity contribution in [2.45, 2.75) is 60.2 Å². The quantitative estimate of drug-likeness (QED) is 0.417. The molecular formula is C25H32N2O3S. The van der Waals surface area contributed by atoms with E-state index in [0.717, 1.165) is 22.3 Å². The summed E-state index contributed by atoms with van der Waals surface area (Å²) in [6.07, 6.45) is 4.05. The number of thiophene rings is 1. The second-order valence-electron chi connectivity index (χ2n) is 8.65. The highest BCUT2D eigenvalue weighted by molar-refractivity contribution is 7.08. The molecule has 3 rings (SSSR count). The van der Waals surface area contributed by atoms with Crippen molar-refractivity contribution in [2.75, 3.05) is 0 Å². The van der Waals surface area contributed by atoms with Gasteiger partial charge in [-0.1, -0.05) is 32.1 Å². The number of benzene rings is 1. The van der Waals surface area contributed by atoms with Gasteiger partial charge in [0.25, 0.3) is 0 Å². The summed E-state index contributed by atoms with van der Waals surface area (Å²) in [5, 5.41) is 4.14. The summed E-state index contributed by atoms with van der Waals surface area (Å²) in [6, 6.07) is 9.90. The maximum atomic E-state index is 10.9. The van der Waals surface area contributed by atoms with Crippen molar-refractivity contribution in [2.24, 2.45) is 5.92 Å². The van der Waals surface area contributed by atoms with Gasteiger partial charge in [0.05, 0.1) is 23.1 Å². The van der Waals surface area contributed by atoms with E-state index in [4.69, 9.17) is 9.47 Å². The van der Waals surface area contributed by atoms with Crippen LogP contribution in [0.15, 0.2) is 41.1 Å². The van der Waals surface area contributed by atoms with Gasteiger partial charge in [0.2, 0.25) is 5.88 Å². The predicted octanol–water partition coefficient (Wildman–Crippen LogP) is 6.63. The van der Waals surface area contributed by atoms with Gasteiger partial charge in [-0.25, -0.2) is 9.97 Å². The van der Waals surface area contributed by atoms with E-state index in [-0.39, 0.29) is 23.6 Å². The number of fused-ring (bicyclic) bond motifs is 1. The van der Waals surface area contributed by atoms with Gasteiger partial charge in [-0.2, -0.15) is 11.3 Å². The molecule has 6 heteroatoms. The van der Waals surface area contributed by atoms with Gasteiger partial charge < -0.3 is 9.47 Å². The van der Waals surface area contributed by atoms with E-state index in [0.29, 0.717) is 5.88 Å². The highest BCUT2D eigenvalue weighted by atomic mass is 32.1. The molecule has 0 saturated heterocycles. The number of hydrogen-bond donors (Lipinski definition) is 0. The predicted molar refractivity (Wildman–Crippen MR) is 129 cm³/mol. The van der Waals surface area contributed by atoms with E-state index in [2.05, 4.69) is 26.8 Å². The second-order valence-corrected chi connectivity index (χ2v) is 9.43. The molecule has 0 aliphatic rings. The zero-order valence-corrected chi connectivity index (χ0v) is 20.2. The first-order chi connectivity index (χ1) is 14.5. The Balaban J connectivity index is 0.000000291. The lowest BCUT2D eigenvalue weighted by molar-refractivity contribution is -0.158. The minimum atomic E-state index is -0.346. The molecule has 2 heterocycles. The number of nitrogens with zero attached hydrogens (tertiary/aromatic N) is 2. The third-order valence-corrected chi connectivity index (χ3v) is 4.47. The van der Waals surface area contributed by atoms with E-state index in [1.807, 2.05) is 84.9 Å². The van der Waals surface area contributed by atoms with Crippen LogP contribution in [0.1, 0.15) is 59.7 Å². The first-order valence-corrected chi connectivity index (χ1v) is 11.4. The number of hydrogen-bond acceptors (Lipinski definition) is 6. The van der Waals surface area contributed by atoms with E-state index in [1.54, 1.807) is 11.3 Å². The third kappa shape index (κ3) is 8.50. The molecule has 0 unspecified atom stereocenters. The molecule has 5 nitrogen and oxygen atoms in total. The van der Waals surface area contributed by atoms with Crippen molar-refractivity contribution < 1.29 is 14.3 Å². The molecule has 166 valence electrons. The Hall–Kier alpha value is -2.73. The summed E-state index contributed by atoms with van der Waals surface area (Å²) >= 11 is 1.67. The number of ether oxygens (including phenoxy) is 2. The van der Waals surface area contributed by atoms with E-state index < -0.39 is 0 Å². The molecule has 31 heavy (non-hydrogen) atoms. The number of aromatic nitrogens is 2. The Kier molecular flexibility index (Phi) is 8.75. The fourth-order valence-corrected chi connectivity index (χ4v) is 3.01. The summed E-state index contributed by atoms with van der Waals surface area (Å²) in [6.45, 7) is 13.2. The van der Waals surface area contributed by atoms with Crippen molar-refractivity contribution >= 4 is 40.5 Å². The lowest BCUT2D eigenvalue weighted by Crippen LogP contribution is -2.26. The molecule has 0 bridgehead atoms. The molecule has 2 aromatic heterocycles. The van der Waals surface area contributed by atoms with Gasteiger partial charge in [-0.3, -0.25) is 4.79 Å². The average Bonchev–Trinajstić information content (AvgIpc) is 3.18. The smallest absolute Gasteiger partial charge is 0.308 e. The summed E-state index contributed by atoms with van der Waals surface area (Å²) in [5.74, 6) is 0.418. The number of rotatable bonds is 5. The first kappa shape index (κ1) is 24.5. The topological polar surface area (TPSA) is 61.3 Å². The molecule has 3 aromatic rings. The Labute approximate surface area is 189 Å². The fourth-order valence-electron chi connectivity index (χ4n) is 2.38. The lowest BCUT2D eigenvalue weighted by atomic mass is 10.1. The highest BCUT2D eigenvalue weighted by Gasteiger charge is 2.18. The Morgan fingerprint density at radius 2 is 1.65 bits per heavy atom. The number of carbonyl (C=O) groups is 1. The van der Waals surface area contributed by atoms with Crippen LogP contribution in [0.3, 0.4) is 0 Å². The van der Waals surface area contributed by atoms with E-state index in [1.165, 1.54) is 0 Å². The van der Waals surface area contributed by atoms with E-state index in [9.17, 15) is 4.79 Å². The Bertz CT molecular complexity index is 1000.